The van der Waals surface area contributed by atoms with Gasteiger partial charge in [-0.2, -0.15) is 13.2 Å². The summed E-state index contributed by atoms with van der Waals surface area (Å²) in [5, 5.41) is 2.32. The van der Waals surface area contributed by atoms with Crippen LogP contribution in [0, 0.1) is 0 Å². The lowest BCUT2D eigenvalue weighted by molar-refractivity contribution is -0.146. The van der Waals surface area contributed by atoms with E-state index in [4.69, 9.17) is 5.73 Å². The number of hydrogen-bond acceptors (Lipinski definition) is 5. The molecule has 0 heterocycles. The van der Waals surface area contributed by atoms with Gasteiger partial charge >= 0.3 is 11.5 Å². The molecule has 116 valence electrons. The monoisotopic (exact) mass is 322 g/mol. The molecule has 1 rings (SSSR count). The van der Waals surface area contributed by atoms with Crippen molar-refractivity contribution >= 4 is 29.3 Å². The maximum Gasteiger partial charge on any atom is 0.446 e. The molecule has 0 spiro atoms. The van der Waals surface area contributed by atoms with Crippen LogP contribution in [0.2, 0.25) is 0 Å². The molecule has 0 aliphatic rings. The maximum atomic E-state index is 12.1. The summed E-state index contributed by atoms with van der Waals surface area (Å²) in [5.74, 6) is -1.68. The molecule has 9 heteroatoms. The number of carbonyl (C=O) groups is 2. The molecule has 1 atom stereocenters. The molecule has 1 unspecified atom stereocenters. The molecule has 1 amide bonds. The number of nitrogens with two attached hydrogens (primary N) is 1. The summed E-state index contributed by atoms with van der Waals surface area (Å²) >= 11 is -0.265. The Morgan fingerprint density at radius 2 is 1.90 bits per heavy atom. The first-order chi connectivity index (χ1) is 9.73. The largest absolute Gasteiger partial charge is 0.464 e. The minimum atomic E-state index is -4.38. The van der Waals surface area contributed by atoms with Crippen molar-refractivity contribution < 1.29 is 27.5 Å². The molecule has 0 saturated heterocycles. The van der Waals surface area contributed by atoms with Crippen molar-refractivity contribution in [3.8, 4) is 0 Å². The van der Waals surface area contributed by atoms with Gasteiger partial charge in [-0.1, -0.05) is 0 Å². The zero-order valence-corrected chi connectivity index (χ0v) is 11.8. The summed E-state index contributed by atoms with van der Waals surface area (Å²) in [4.78, 5) is 22.9. The van der Waals surface area contributed by atoms with E-state index in [9.17, 15) is 22.8 Å². The fourth-order valence-corrected chi connectivity index (χ4v) is 1.84. The maximum absolute atomic E-state index is 12.1. The van der Waals surface area contributed by atoms with Gasteiger partial charge in [-0.25, -0.2) is 4.79 Å². The van der Waals surface area contributed by atoms with E-state index in [-0.39, 0.29) is 29.0 Å². The van der Waals surface area contributed by atoms with Crippen LogP contribution in [0.3, 0.4) is 0 Å². The highest BCUT2D eigenvalue weighted by Crippen LogP contribution is 2.36. The van der Waals surface area contributed by atoms with Crippen molar-refractivity contribution in [2.75, 3.05) is 11.9 Å². The fourth-order valence-electron chi connectivity index (χ4n) is 1.30. The van der Waals surface area contributed by atoms with E-state index in [0.717, 1.165) is 0 Å². The second-order valence-corrected chi connectivity index (χ2v) is 4.93. The fraction of sp³-hybridized carbons (Fsp3) is 0.333. The average Bonchev–Trinajstić information content (AvgIpc) is 2.38. The topological polar surface area (TPSA) is 81.4 Å². The Bertz CT molecular complexity index is 505. The molecule has 1 aromatic carbocycles. The van der Waals surface area contributed by atoms with Crippen molar-refractivity contribution in [1.29, 1.82) is 0 Å². The quantitative estimate of drug-likeness (QED) is 0.493. The Morgan fingerprint density at radius 3 is 2.38 bits per heavy atom. The Morgan fingerprint density at radius 1 is 1.33 bits per heavy atom. The molecular weight excluding hydrogens is 309 g/mol. The van der Waals surface area contributed by atoms with Gasteiger partial charge in [0.05, 0.1) is 6.61 Å². The van der Waals surface area contributed by atoms with E-state index in [1.54, 1.807) is 6.92 Å². The zero-order chi connectivity index (χ0) is 16.0. The van der Waals surface area contributed by atoms with Crippen LogP contribution in [-0.2, 0) is 14.3 Å². The molecule has 1 aromatic rings. The van der Waals surface area contributed by atoms with Gasteiger partial charge in [0, 0.05) is 10.6 Å². The number of benzene rings is 1. The van der Waals surface area contributed by atoms with Crippen LogP contribution < -0.4 is 11.1 Å². The summed E-state index contributed by atoms with van der Waals surface area (Å²) in [6, 6.07) is 3.47. The van der Waals surface area contributed by atoms with E-state index >= 15 is 0 Å². The van der Waals surface area contributed by atoms with Gasteiger partial charge in [0.2, 0.25) is 0 Å². The molecule has 3 N–H and O–H groups in total. The zero-order valence-electron chi connectivity index (χ0n) is 10.9. The highest BCUT2D eigenvalue weighted by molar-refractivity contribution is 8.00. The van der Waals surface area contributed by atoms with Crippen LogP contribution in [0.25, 0.3) is 0 Å². The Kier molecular flexibility index (Phi) is 6.03. The second kappa shape index (κ2) is 7.32. The number of alkyl halides is 3. The average molecular weight is 322 g/mol. The van der Waals surface area contributed by atoms with Crippen LogP contribution >= 0.6 is 11.8 Å². The predicted molar refractivity (Wildman–Crippen MR) is 71.6 cm³/mol. The van der Waals surface area contributed by atoms with Gasteiger partial charge in [-0.3, -0.25) is 4.79 Å². The lowest BCUT2D eigenvalue weighted by atomic mass is 10.2. The molecule has 0 fully saturated rings. The van der Waals surface area contributed by atoms with Gasteiger partial charge in [-0.15, -0.1) is 0 Å². The van der Waals surface area contributed by atoms with Crippen molar-refractivity contribution in [1.82, 2.24) is 0 Å². The van der Waals surface area contributed by atoms with Crippen LogP contribution in [-0.4, -0.2) is 30.0 Å². The predicted octanol–water partition coefficient (Wildman–Crippen LogP) is 2.13. The number of ether oxygens (including phenoxy) is 1. The third kappa shape index (κ3) is 6.05. The van der Waals surface area contributed by atoms with E-state index in [1.165, 1.54) is 24.3 Å². The Balaban J connectivity index is 2.63. The number of hydrogen-bond donors (Lipinski definition) is 2. The SMILES string of the molecule is CCOC(=O)C(N)C(=O)Nc1ccc(SC(F)(F)F)cc1. The number of thioether (sulfide) groups is 1. The minimum Gasteiger partial charge on any atom is -0.464 e. The third-order valence-corrected chi connectivity index (χ3v) is 2.92. The van der Waals surface area contributed by atoms with Crippen LogP contribution in [0.15, 0.2) is 29.2 Å². The summed E-state index contributed by atoms with van der Waals surface area (Å²) in [6.07, 6.45) is 0. The number of nitrogens with one attached hydrogen (secondary N) is 1. The molecule has 0 radical (unpaired) electrons. The number of esters is 1. The second-order valence-electron chi connectivity index (χ2n) is 3.79. The van der Waals surface area contributed by atoms with Crippen molar-refractivity contribution in [3.63, 3.8) is 0 Å². The number of amides is 1. The van der Waals surface area contributed by atoms with Gasteiger partial charge in [-0.05, 0) is 43.0 Å². The van der Waals surface area contributed by atoms with E-state index in [1.807, 2.05) is 0 Å². The highest BCUT2D eigenvalue weighted by Gasteiger charge is 2.29. The molecule has 0 bridgehead atoms. The first kappa shape index (κ1) is 17.3. The van der Waals surface area contributed by atoms with E-state index in [0.29, 0.717) is 0 Å². The van der Waals surface area contributed by atoms with Crippen LogP contribution in [0.1, 0.15) is 6.92 Å². The molecule has 21 heavy (non-hydrogen) atoms. The number of carbonyl (C=O) groups excluding carboxylic acids is 2. The normalized spacial score (nSPS) is 12.6. The number of rotatable bonds is 5. The summed E-state index contributed by atoms with van der Waals surface area (Å²) in [7, 11) is 0. The third-order valence-electron chi connectivity index (χ3n) is 2.18. The molecular formula is C12H13F3N2O3S. The van der Waals surface area contributed by atoms with Crippen molar-refractivity contribution in [2.24, 2.45) is 5.73 Å². The molecule has 0 aromatic heterocycles. The van der Waals surface area contributed by atoms with Crippen molar-refractivity contribution in [2.45, 2.75) is 23.4 Å². The van der Waals surface area contributed by atoms with Crippen molar-refractivity contribution in [3.05, 3.63) is 24.3 Å². The molecule has 0 aliphatic carbocycles. The minimum absolute atomic E-state index is 0.0183. The van der Waals surface area contributed by atoms with Gasteiger partial charge in [0.1, 0.15) is 0 Å². The first-order valence-electron chi connectivity index (χ1n) is 5.82. The van der Waals surface area contributed by atoms with Crippen LogP contribution in [0.5, 0.6) is 0 Å². The van der Waals surface area contributed by atoms with Gasteiger partial charge in [0.25, 0.3) is 5.91 Å². The molecule has 5 nitrogen and oxygen atoms in total. The Hall–Kier alpha value is -1.74. The molecule has 0 saturated carbocycles. The van der Waals surface area contributed by atoms with E-state index < -0.39 is 23.4 Å². The standard InChI is InChI=1S/C12H13F3N2O3S/c1-2-20-11(19)9(16)10(18)17-7-3-5-8(6-4-7)21-12(13,14)15/h3-6,9H,2,16H2,1H3,(H,17,18). The van der Waals surface area contributed by atoms with Gasteiger partial charge in [0.15, 0.2) is 6.04 Å². The lowest BCUT2D eigenvalue weighted by Gasteiger charge is -2.11. The van der Waals surface area contributed by atoms with E-state index in [2.05, 4.69) is 10.1 Å². The highest BCUT2D eigenvalue weighted by atomic mass is 32.2. The lowest BCUT2D eigenvalue weighted by Crippen LogP contribution is -2.43. The van der Waals surface area contributed by atoms with Crippen LogP contribution in [0.4, 0.5) is 18.9 Å². The van der Waals surface area contributed by atoms with Gasteiger partial charge < -0.3 is 15.8 Å². The summed E-state index contributed by atoms with van der Waals surface area (Å²) < 4.78 is 41.0. The number of halogens is 3. The first-order valence-corrected chi connectivity index (χ1v) is 6.63. The summed E-state index contributed by atoms with van der Waals surface area (Å²) in [5.41, 5.74) is 1.22. The molecule has 0 aliphatic heterocycles. The summed E-state index contributed by atoms with van der Waals surface area (Å²) in [6.45, 7) is 1.66. The number of anilines is 1. The Labute approximate surface area is 123 Å². The smallest absolute Gasteiger partial charge is 0.446 e.